The van der Waals surface area contributed by atoms with Gasteiger partial charge in [0.05, 0.1) is 6.10 Å². The number of aliphatic hydroxyl groups is 1. The van der Waals surface area contributed by atoms with Gasteiger partial charge in [0.15, 0.2) is 0 Å². The molecule has 0 aromatic rings. The molecule has 2 nitrogen and oxygen atoms in total. The van der Waals surface area contributed by atoms with Gasteiger partial charge in [-0.3, -0.25) is 4.90 Å². The van der Waals surface area contributed by atoms with E-state index in [4.69, 9.17) is 0 Å². The molecule has 2 aliphatic carbocycles. The van der Waals surface area contributed by atoms with Crippen LogP contribution in [0.2, 0.25) is 0 Å². The second-order valence-corrected chi connectivity index (χ2v) is 7.53. The van der Waals surface area contributed by atoms with Crippen LogP contribution in [0.15, 0.2) is 0 Å². The molecule has 0 aromatic heterocycles. The molecule has 0 bridgehead atoms. The van der Waals surface area contributed by atoms with Crippen LogP contribution in [0.4, 0.5) is 0 Å². The number of hydrogen-bond donors (Lipinski definition) is 1. The molecule has 0 amide bonds. The average Bonchev–Trinajstić information content (AvgIpc) is 2.81. The Bertz CT molecular complexity index is 295. The van der Waals surface area contributed by atoms with E-state index in [9.17, 15) is 5.11 Å². The van der Waals surface area contributed by atoms with Crippen LogP contribution in [-0.2, 0) is 0 Å². The summed E-state index contributed by atoms with van der Waals surface area (Å²) in [4.78, 5) is 2.72. The predicted octanol–water partition coefficient (Wildman–Crippen LogP) is 3.19. The fraction of sp³-hybridized carbons (Fsp3) is 1.00. The maximum atomic E-state index is 10.7. The molecule has 2 heteroatoms. The summed E-state index contributed by atoms with van der Waals surface area (Å²) in [6.45, 7) is 5.73. The molecule has 4 atom stereocenters. The lowest BCUT2D eigenvalue weighted by Crippen LogP contribution is -2.57. The zero-order valence-corrected chi connectivity index (χ0v) is 12.1. The van der Waals surface area contributed by atoms with Crippen LogP contribution >= 0.6 is 0 Å². The molecule has 18 heavy (non-hydrogen) atoms. The third kappa shape index (κ3) is 2.12. The van der Waals surface area contributed by atoms with E-state index in [1.165, 1.54) is 57.9 Å². The summed E-state index contributed by atoms with van der Waals surface area (Å²) in [7, 11) is 0. The quantitative estimate of drug-likeness (QED) is 0.773. The summed E-state index contributed by atoms with van der Waals surface area (Å²) in [6.07, 6.45) is 10.6. The van der Waals surface area contributed by atoms with Crippen molar-refractivity contribution in [2.45, 2.75) is 83.4 Å². The highest BCUT2D eigenvalue weighted by molar-refractivity contribution is 4.99. The lowest BCUT2D eigenvalue weighted by molar-refractivity contribution is -0.0816. The van der Waals surface area contributed by atoms with Crippen molar-refractivity contribution in [2.75, 3.05) is 6.54 Å². The molecule has 1 heterocycles. The van der Waals surface area contributed by atoms with Crippen LogP contribution < -0.4 is 0 Å². The van der Waals surface area contributed by atoms with Crippen LogP contribution in [0.25, 0.3) is 0 Å². The zero-order valence-electron chi connectivity index (χ0n) is 12.1. The molecule has 0 aromatic carbocycles. The average molecular weight is 251 g/mol. The Labute approximate surface area is 112 Å². The summed E-state index contributed by atoms with van der Waals surface area (Å²) < 4.78 is 0. The van der Waals surface area contributed by atoms with E-state index in [1.807, 2.05) is 0 Å². The number of nitrogens with zero attached hydrogens (tertiary/aromatic N) is 1. The molecule has 3 aliphatic rings. The van der Waals surface area contributed by atoms with Gasteiger partial charge in [-0.15, -0.1) is 0 Å². The van der Waals surface area contributed by atoms with Crippen LogP contribution in [0, 0.1) is 11.3 Å². The lowest BCUT2D eigenvalue weighted by Gasteiger charge is -2.50. The maximum Gasteiger partial charge on any atom is 0.0746 e. The van der Waals surface area contributed by atoms with Crippen molar-refractivity contribution < 1.29 is 5.11 Å². The summed E-state index contributed by atoms with van der Waals surface area (Å²) in [5, 5.41) is 10.7. The van der Waals surface area contributed by atoms with Gasteiger partial charge in [-0.25, -0.2) is 0 Å². The molecule has 0 spiro atoms. The van der Waals surface area contributed by atoms with Crippen LogP contribution in [0.1, 0.15) is 65.2 Å². The van der Waals surface area contributed by atoms with E-state index >= 15 is 0 Å². The highest BCUT2D eigenvalue weighted by atomic mass is 16.3. The van der Waals surface area contributed by atoms with Crippen molar-refractivity contribution in [3.63, 3.8) is 0 Å². The molecule has 4 unspecified atom stereocenters. The van der Waals surface area contributed by atoms with E-state index in [-0.39, 0.29) is 11.5 Å². The third-order valence-corrected chi connectivity index (χ3v) is 5.95. The lowest BCUT2D eigenvalue weighted by atomic mass is 9.71. The van der Waals surface area contributed by atoms with E-state index in [0.717, 1.165) is 12.0 Å². The SMILES string of the molecule is CC1(C)CCCC(N2CCCC3CCCC32)C1O. The van der Waals surface area contributed by atoms with E-state index in [1.54, 1.807) is 0 Å². The molecule has 3 rings (SSSR count). The van der Waals surface area contributed by atoms with Crippen molar-refractivity contribution in [3.05, 3.63) is 0 Å². The predicted molar refractivity (Wildman–Crippen MR) is 74.5 cm³/mol. The Morgan fingerprint density at radius 3 is 2.50 bits per heavy atom. The first-order valence-corrected chi connectivity index (χ1v) is 8.03. The first-order valence-electron chi connectivity index (χ1n) is 8.03. The summed E-state index contributed by atoms with van der Waals surface area (Å²) in [6, 6.07) is 1.24. The van der Waals surface area contributed by atoms with Gasteiger partial charge in [-0.1, -0.05) is 26.7 Å². The third-order valence-electron chi connectivity index (χ3n) is 5.95. The molecule has 3 fully saturated rings. The first kappa shape index (κ1) is 12.9. The highest BCUT2D eigenvalue weighted by Gasteiger charge is 2.45. The smallest absolute Gasteiger partial charge is 0.0746 e. The Morgan fingerprint density at radius 2 is 1.67 bits per heavy atom. The Hall–Kier alpha value is -0.0800. The van der Waals surface area contributed by atoms with Crippen LogP contribution in [0.3, 0.4) is 0 Å². The maximum absolute atomic E-state index is 10.7. The van der Waals surface area contributed by atoms with Gasteiger partial charge in [-0.2, -0.15) is 0 Å². The van der Waals surface area contributed by atoms with Crippen molar-refractivity contribution in [3.8, 4) is 0 Å². The minimum Gasteiger partial charge on any atom is -0.391 e. The Morgan fingerprint density at radius 1 is 0.944 bits per heavy atom. The van der Waals surface area contributed by atoms with Crippen molar-refractivity contribution in [1.29, 1.82) is 0 Å². The number of piperidine rings is 1. The Balaban J connectivity index is 1.76. The monoisotopic (exact) mass is 251 g/mol. The molecule has 1 aliphatic heterocycles. The molecular formula is C16H29NO. The summed E-state index contributed by atoms with van der Waals surface area (Å²) in [5.41, 5.74) is 0.120. The topological polar surface area (TPSA) is 23.5 Å². The van der Waals surface area contributed by atoms with Gasteiger partial charge in [-0.05, 0) is 56.4 Å². The summed E-state index contributed by atoms with van der Waals surface area (Å²) in [5.74, 6) is 0.941. The standard InChI is InChI=1S/C16H29NO/c1-16(2)10-4-9-14(15(16)18)17-11-5-7-12-6-3-8-13(12)17/h12-15,18H,3-11H2,1-2H3. The van der Waals surface area contributed by atoms with Gasteiger partial charge in [0, 0.05) is 12.1 Å². The molecule has 1 saturated heterocycles. The number of fused-ring (bicyclic) bond motifs is 1. The second-order valence-electron chi connectivity index (χ2n) is 7.53. The van der Waals surface area contributed by atoms with Crippen molar-refractivity contribution >= 4 is 0 Å². The van der Waals surface area contributed by atoms with Crippen molar-refractivity contribution in [1.82, 2.24) is 4.90 Å². The number of hydrogen-bond acceptors (Lipinski definition) is 2. The fourth-order valence-corrected chi connectivity index (χ4v) is 4.84. The van der Waals surface area contributed by atoms with Crippen LogP contribution in [-0.4, -0.2) is 34.7 Å². The number of likely N-dealkylation sites (tertiary alicyclic amines) is 1. The largest absolute Gasteiger partial charge is 0.391 e. The van der Waals surface area contributed by atoms with Gasteiger partial charge in [0.2, 0.25) is 0 Å². The van der Waals surface area contributed by atoms with Gasteiger partial charge in [0.25, 0.3) is 0 Å². The number of aliphatic hydroxyl groups excluding tert-OH is 1. The molecule has 1 N–H and O–H groups in total. The minimum atomic E-state index is -0.120. The molecule has 0 radical (unpaired) electrons. The normalized spacial score (nSPS) is 44.8. The van der Waals surface area contributed by atoms with E-state index < -0.39 is 0 Å². The highest BCUT2D eigenvalue weighted by Crippen LogP contribution is 2.43. The molecule has 104 valence electrons. The second kappa shape index (κ2) is 4.79. The molecular weight excluding hydrogens is 222 g/mol. The zero-order chi connectivity index (χ0) is 12.8. The number of rotatable bonds is 1. The molecule has 2 saturated carbocycles. The van der Waals surface area contributed by atoms with Gasteiger partial charge in [0.1, 0.15) is 0 Å². The minimum absolute atomic E-state index is 0.120. The van der Waals surface area contributed by atoms with Crippen molar-refractivity contribution in [2.24, 2.45) is 11.3 Å². The summed E-state index contributed by atoms with van der Waals surface area (Å²) >= 11 is 0. The van der Waals surface area contributed by atoms with E-state index in [2.05, 4.69) is 18.7 Å². The van der Waals surface area contributed by atoms with E-state index in [0.29, 0.717) is 6.04 Å². The van der Waals surface area contributed by atoms with Gasteiger partial charge < -0.3 is 5.11 Å². The first-order chi connectivity index (χ1) is 8.59. The Kier molecular flexibility index (Phi) is 3.44. The fourth-order valence-electron chi connectivity index (χ4n) is 4.84. The van der Waals surface area contributed by atoms with Gasteiger partial charge >= 0.3 is 0 Å². The van der Waals surface area contributed by atoms with Crippen LogP contribution in [0.5, 0.6) is 0 Å².